The number of nitrogens with one attached hydrogen (secondary N) is 1. The molecular weight excluding hydrogens is 484 g/mol. The van der Waals surface area contributed by atoms with Crippen LogP contribution in [0.1, 0.15) is 43.0 Å². The van der Waals surface area contributed by atoms with Gasteiger partial charge in [0.15, 0.2) is 5.60 Å². The molecule has 10 heteroatoms. The number of carbonyl (C=O) groups excluding carboxylic acids is 2. The zero-order chi connectivity index (χ0) is 26.7. The van der Waals surface area contributed by atoms with Gasteiger partial charge < -0.3 is 15.5 Å². The van der Waals surface area contributed by atoms with E-state index in [9.17, 15) is 14.7 Å². The van der Waals surface area contributed by atoms with Crippen molar-refractivity contribution in [3.8, 4) is 0 Å². The largest absolute Gasteiger partial charge is 0.396 e. The van der Waals surface area contributed by atoms with E-state index in [4.69, 9.17) is 5.11 Å². The predicted octanol–water partition coefficient (Wildman–Crippen LogP) is 2.77. The molecule has 0 spiro atoms. The van der Waals surface area contributed by atoms with Gasteiger partial charge in [-0.1, -0.05) is 54.6 Å². The van der Waals surface area contributed by atoms with Crippen molar-refractivity contribution in [2.45, 2.75) is 44.8 Å². The van der Waals surface area contributed by atoms with Crippen molar-refractivity contribution in [3.63, 3.8) is 0 Å². The third kappa shape index (κ3) is 4.88. The summed E-state index contributed by atoms with van der Waals surface area (Å²) in [6, 6.07) is 14.8. The predicted molar refractivity (Wildman–Crippen MR) is 142 cm³/mol. The molecule has 5 rings (SSSR count). The number of aliphatic hydroxyl groups excluding tert-OH is 1. The molecule has 2 aliphatic heterocycles. The fourth-order valence-corrected chi connectivity index (χ4v) is 4.80. The topological polar surface area (TPSA) is 133 Å². The fraction of sp³-hybridized carbons (Fsp3) is 0.321. The van der Waals surface area contributed by atoms with Crippen LogP contribution in [0.3, 0.4) is 0 Å². The molecule has 3 N–H and O–H groups in total. The molecule has 3 heterocycles. The smallest absolute Gasteiger partial charge is 0.261 e. The number of hydrogen-bond donors (Lipinski definition) is 3. The van der Waals surface area contributed by atoms with E-state index in [-0.39, 0.29) is 12.5 Å². The van der Waals surface area contributed by atoms with Crippen molar-refractivity contribution < 1.29 is 19.8 Å². The van der Waals surface area contributed by atoms with E-state index >= 15 is 0 Å². The molecular formula is C28H30N6O4. The van der Waals surface area contributed by atoms with Crippen molar-refractivity contribution in [1.82, 2.24) is 15.0 Å². The summed E-state index contributed by atoms with van der Waals surface area (Å²) in [6.45, 7) is 2.38. The van der Waals surface area contributed by atoms with Gasteiger partial charge in [-0.3, -0.25) is 14.3 Å². The maximum atomic E-state index is 13.0. The van der Waals surface area contributed by atoms with E-state index in [0.29, 0.717) is 49.2 Å². The van der Waals surface area contributed by atoms with Crippen LogP contribution in [0.15, 0.2) is 72.0 Å². The standard InChI is InChI=1S/C28H30N6O4/c1-19(7-5-6-15-33-18-21(14-16-35)30-32-33)28(38)23-17-22(10-11-25(23)29-27(28)37)34-26(36)13-12-24(31-34)20-8-3-2-4-9-20/h2-5,7-11,17-19,35,38H,6,12-16H2,1H3,(H,29,37)/b7-5+/t19-,28+/m1/s1. The van der Waals surface area contributed by atoms with Crippen LogP contribution < -0.4 is 10.3 Å². The highest BCUT2D eigenvalue weighted by Gasteiger charge is 2.49. The molecule has 0 radical (unpaired) electrons. The van der Waals surface area contributed by atoms with Gasteiger partial charge in [-0.25, -0.2) is 5.01 Å². The van der Waals surface area contributed by atoms with Crippen molar-refractivity contribution >= 4 is 28.9 Å². The number of nitrogens with zero attached hydrogens (tertiary/aromatic N) is 5. The number of rotatable bonds is 9. The van der Waals surface area contributed by atoms with Crippen LogP contribution in [-0.4, -0.2) is 49.3 Å². The minimum Gasteiger partial charge on any atom is -0.396 e. The van der Waals surface area contributed by atoms with E-state index in [0.717, 1.165) is 17.0 Å². The molecule has 0 saturated carbocycles. The Kier molecular flexibility index (Phi) is 7.17. The quantitative estimate of drug-likeness (QED) is 0.376. The summed E-state index contributed by atoms with van der Waals surface area (Å²) >= 11 is 0. The first-order chi connectivity index (χ1) is 18.4. The van der Waals surface area contributed by atoms with Gasteiger partial charge in [0, 0.05) is 55.8 Å². The first kappa shape index (κ1) is 25.5. The Morgan fingerprint density at radius 1 is 1.16 bits per heavy atom. The van der Waals surface area contributed by atoms with Crippen molar-refractivity contribution in [1.29, 1.82) is 0 Å². The Bertz CT molecular complexity index is 1400. The van der Waals surface area contributed by atoms with Gasteiger partial charge >= 0.3 is 0 Å². The van der Waals surface area contributed by atoms with Crippen LogP contribution in [0.4, 0.5) is 11.4 Å². The second-order valence-electron chi connectivity index (χ2n) is 9.52. The maximum Gasteiger partial charge on any atom is 0.261 e. The van der Waals surface area contributed by atoms with E-state index in [1.165, 1.54) is 5.01 Å². The van der Waals surface area contributed by atoms with Crippen LogP contribution in [0.5, 0.6) is 0 Å². The zero-order valence-electron chi connectivity index (χ0n) is 21.1. The molecule has 0 bridgehead atoms. The second-order valence-corrected chi connectivity index (χ2v) is 9.52. The number of benzene rings is 2. The number of fused-ring (bicyclic) bond motifs is 1. The number of aryl methyl sites for hydroxylation is 1. The third-order valence-electron chi connectivity index (χ3n) is 6.95. The van der Waals surface area contributed by atoms with Crippen molar-refractivity contribution in [2.24, 2.45) is 11.0 Å². The maximum absolute atomic E-state index is 13.0. The molecule has 0 saturated heterocycles. The number of hydrogen-bond acceptors (Lipinski definition) is 7. The highest BCUT2D eigenvalue weighted by molar-refractivity contribution is 6.10. The Labute approximate surface area is 220 Å². The second kappa shape index (κ2) is 10.7. The summed E-state index contributed by atoms with van der Waals surface area (Å²) in [5, 5.41) is 37.4. The summed E-state index contributed by atoms with van der Waals surface area (Å²) < 4.78 is 1.69. The molecule has 0 aliphatic carbocycles. The summed E-state index contributed by atoms with van der Waals surface area (Å²) in [5.41, 5.74) is 2.11. The number of amides is 2. The molecule has 10 nitrogen and oxygen atoms in total. The lowest BCUT2D eigenvalue weighted by Gasteiger charge is -2.28. The Morgan fingerprint density at radius 3 is 2.76 bits per heavy atom. The molecule has 0 unspecified atom stereocenters. The molecule has 196 valence electrons. The third-order valence-corrected chi connectivity index (χ3v) is 6.95. The average molecular weight is 515 g/mol. The molecule has 0 fully saturated rings. The van der Waals surface area contributed by atoms with Crippen LogP contribution in [0.25, 0.3) is 0 Å². The van der Waals surface area contributed by atoms with E-state index in [1.807, 2.05) is 42.5 Å². The first-order valence-electron chi connectivity index (χ1n) is 12.7. The molecule has 1 aromatic heterocycles. The van der Waals surface area contributed by atoms with Gasteiger partial charge in [0.05, 0.1) is 17.1 Å². The van der Waals surface area contributed by atoms with Gasteiger partial charge in [0.25, 0.3) is 5.91 Å². The van der Waals surface area contributed by atoms with E-state index < -0.39 is 17.4 Å². The minimum absolute atomic E-state index is 0.0202. The lowest BCUT2D eigenvalue weighted by molar-refractivity contribution is -0.137. The summed E-state index contributed by atoms with van der Waals surface area (Å²) in [7, 11) is 0. The minimum atomic E-state index is -1.80. The molecule has 2 aromatic carbocycles. The molecule has 38 heavy (non-hydrogen) atoms. The van der Waals surface area contributed by atoms with Crippen LogP contribution in [0.2, 0.25) is 0 Å². The van der Waals surface area contributed by atoms with Crippen molar-refractivity contribution in [3.05, 3.63) is 83.7 Å². The van der Waals surface area contributed by atoms with Crippen LogP contribution in [0, 0.1) is 5.92 Å². The molecule has 3 aromatic rings. The van der Waals surface area contributed by atoms with E-state index in [1.54, 1.807) is 36.0 Å². The summed E-state index contributed by atoms with van der Waals surface area (Å²) in [4.78, 5) is 25.8. The number of hydrazone groups is 1. The normalized spacial score (nSPS) is 20.0. The lowest BCUT2D eigenvalue weighted by atomic mass is 9.82. The lowest BCUT2D eigenvalue weighted by Crippen LogP contribution is -2.40. The first-order valence-corrected chi connectivity index (χ1v) is 12.7. The number of anilines is 2. The highest BCUT2D eigenvalue weighted by atomic mass is 16.3. The zero-order valence-corrected chi connectivity index (χ0v) is 21.1. The van der Waals surface area contributed by atoms with Crippen LogP contribution >= 0.6 is 0 Å². The average Bonchev–Trinajstić information content (AvgIpc) is 3.49. The summed E-state index contributed by atoms with van der Waals surface area (Å²) in [5.74, 6) is -1.20. The Balaban J connectivity index is 1.35. The van der Waals surface area contributed by atoms with Gasteiger partial charge in [-0.2, -0.15) is 5.10 Å². The Hall–Kier alpha value is -4.15. The highest BCUT2D eigenvalue weighted by Crippen LogP contribution is 2.43. The summed E-state index contributed by atoms with van der Waals surface area (Å²) in [6.07, 6.45) is 7.44. The molecule has 2 aliphatic rings. The number of carbonyl (C=O) groups is 2. The fourth-order valence-electron chi connectivity index (χ4n) is 4.80. The molecule has 2 atom stereocenters. The van der Waals surface area contributed by atoms with Gasteiger partial charge in [0.2, 0.25) is 5.91 Å². The number of aliphatic hydroxyl groups is 2. The SMILES string of the molecule is C[C@H](/C=C/CCn1cc(CCO)nn1)[C@@]1(O)C(=O)Nc2ccc(N3N=C(c4ccccc4)CCC3=O)cc21. The Morgan fingerprint density at radius 2 is 1.97 bits per heavy atom. The van der Waals surface area contributed by atoms with Crippen molar-refractivity contribution in [2.75, 3.05) is 16.9 Å². The van der Waals surface area contributed by atoms with E-state index in [2.05, 4.69) is 20.7 Å². The van der Waals surface area contributed by atoms with Crippen LogP contribution in [-0.2, 0) is 28.2 Å². The van der Waals surface area contributed by atoms with Gasteiger partial charge in [-0.15, -0.1) is 5.10 Å². The van der Waals surface area contributed by atoms with Gasteiger partial charge in [-0.05, 0) is 30.2 Å². The monoisotopic (exact) mass is 514 g/mol. The molecule has 2 amide bonds. The number of aromatic nitrogens is 3. The van der Waals surface area contributed by atoms with Gasteiger partial charge in [0.1, 0.15) is 0 Å². The number of allylic oxidation sites excluding steroid dienone is 1.